The molecule has 0 aromatic heterocycles. The second-order valence-electron chi connectivity index (χ2n) is 9.04. The molecule has 1 amide bonds. The molecule has 4 N–H and O–H groups in total. The van der Waals surface area contributed by atoms with Crippen LogP contribution in [0.5, 0.6) is 5.75 Å². The summed E-state index contributed by atoms with van der Waals surface area (Å²) in [6.07, 6.45) is 5.64. The number of hydrogen-bond donors (Lipinski definition) is 3. The number of allylic oxidation sites excluding steroid dienone is 2. The van der Waals surface area contributed by atoms with Crippen molar-refractivity contribution in [2.24, 2.45) is 5.73 Å². The van der Waals surface area contributed by atoms with Crippen LogP contribution >= 0.6 is 0 Å². The molecule has 3 atom stereocenters. The quantitative estimate of drug-likeness (QED) is 0.702. The summed E-state index contributed by atoms with van der Waals surface area (Å²) in [4.78, 5) is 14.2. The summed E-state index contributed by atoms with van der Waals surface area (Å²) in [6, 6.07) is 3.51. The number of amides is 1. The van der Waals surface area contributed by atoms with Crippen molar-refractivity contribution in [1.82, 2.24) is 4.90 Å². The number of phenols is 1. The Labute approximate surface area is 166 Å². The van der Waals surface area contributed by atoms with Gasteiger partial charge in [0.2, 0.25) is 0 Å². The summed E-state index contributed by atoms with van der Waals surface area (Å²) >= 11 is 0. The van der Waals surface area contributed by atoms with E-state index in [-0.39, 0.29) is 17.4 Å². The molecular formula is C23H30N2O3. The van der Waals surface area contributed by atoms with E-state index in [2.05, 4.69) is 31.4 Å². The predicted molar refractivity (Wildman–Crippen MR) is 109 cm³/mol. The van der Waals surface area contributed by atoms with Gasteiger partial charge in [0.25, 0.3) is 5.91 Å². The molecule has 1 aromatic rings. The van der Waals surface area contributed by atoms with Crippen molar-refractivity contribution in [2.75, 3.05) is 13.1 Å². The minimum absolute atomic E-state index is 0.0173. The zero-order valence-electron chi connectivity index (χ0n) is 16.8. The Balaban J connectivity index is 1.90. The number of hydrogen-bond acceptors (Lipinski definition) is 4. The Morgan fingerprint density at radius 1 is 1.39 bits per heavy atom. The van der Waals surface area contributed by atoms with Gasteiger partial charge in [-0.2, -0.15) is 0 Å². The number of primary amides is 1. The van der Waals surface area contributed by atoms with Gasteiger partial charge >= 0.3 is 0 Å². The molecule has 2 bridgehead atoms. The van der Waals surface area contributed by atoms with Crippen LogP contribution in [-0.2, 0) is 11.8 Å². The van der Waals surface area contributed by atoms with Crippen LogP contribution in [0.15, 0.2) is 35.9 Å². The van der Waals surface area contributed by atoms with Gasteiger partial charge in [-0.3, -0.25) is 9.69 Å². The number of nitrogens with two attached hydrogens (primary N) is 1. The largest absolute Gasteiger partial charge is 0.507 e. The third-order valence-corrected chi connectivity index (χ3v) is 7.21. The van der Waals surface area contributed by atoms with E-state index < -0.39 is 16.9 Å². The first-order valence-corrected chi connectivity index (χ1v) is 10.1. The minimum Gasteiger partial charge on any atom is -0.507 e. The van der Waals surface area contributed by atoms with Crippen molar-refractivity contribution in [1.29, 1.82) is 0 Å². The molecule has 4 rings (SSSR count). The standard InChI is InChI=1S/C23H30N2O3/c1-14(2)7-10-25-11-9-22-13-15(3)6-8-23(22,28)18(25)12-16-4-5-17(21(24)27)20(26)19(16)22/h4-5,7,18,26,28H,3,6,8-13H2,1-2H3,(H2,24,27)/t18-,22+,23-/m1/s1. The first kappa shape index (κ1) is 19.2. The van der Waals surface area contributed by atoms with Crippen LogP contribution in [0.3, 0.4) is 0 Å². The average molecular weight is 383 g/mol. The van der Waals surface area contributed by atoms with E-state index in [0.717, 1.165) is 42.6 Å². The predicted octanol–water partition coefficient (Wildman–Crippen LogP) is 2.80. The Bertz CT molecular complexity index is 886. The summed E-state index contributed by atoms with van der Waals surface area (Å²) in [5, 5.41) is 23.1. The smallest absolute Gasteiger partial charge is 0.252 e. The van der Waals surface area contributed by atoms with Crippen molar-refractivity contribution in [3.05, 3.63) is 52.6 Å². The molecule has 2 aliphatic carbocycles. The van der Waals surface area contributed by atoms with E-state index in [1.54, 1.807) is 6.07 Å². The highest BCUT2D eigenvalue weighted by atomic mass is 16.3. The molecule has 0 radical (unpaired) electrons. The van der Waals surface area contributed by atoms with Crippen LogP contribution in [0.2, 0.25) is 0 Å². The zero-order chi connectivity index (χ0) is 20.3. The van der Waals surface area contributed by atoms with Crippen LogP contribution < -0.4 is 5.73 Å². The molecule has 1 aliphatic heterocycles. The normalized spacial score (nSPS) is 31.7. The fourth-order valence-corrected chi connectivity index (χ4v) is 5.85. The lowest BCUT2D eigenvalue weighted by Gasteiger charge is -2.64. The Morgan fingerprint density at radius 3 is 2.82 bits per heavy atom. The lowest BCUT2D eigenvalue weighted by molar-refractivity contribution is -0.156. The van der Waals surface area contributed by atoms with Crippen LogP contribution in [0.25, 0.3) is 0 Å². The first-order valence-electron chi connectivity index (χ1n) is 10.1. The number of likely N-dealkylation sites (tertiary alicyclic amines) is 1. The monoisotopic (exact) mass is 382 g/mol. The summed E-state index contributed by atoms with van der Waals surface area (Å²) < 4.78 is 0. The number of rotatable bonds is 3. The molecule has 2 fully saturated rings. The second kappa shape index (κ2) is 6.46. The summed E-state index contributed by atoms with van der Waals surface area (Å²) in [6.45, 7) is 10.0. The molecule has 0 unspecified atom stereocenters. The second-order valence-corrected chi connectivity index (χ2v) is 9.04. The number of aromatic hydroxyl groups is 1. The molecule has 1 saturated heterocycles. The SMILES string of the molecule is C=C1CC[C@@]2(O)[C@H]3Cc4ccc(C(N)=O)c(O)c4[C@]2(CCN3CC=C(C)C)C1. The molecule has 1 heterocycles. The van der Waals surface area contributed by atoms with Crippen LogP contribution in [0, 0.1) is 0 Å². The third-order valence-electron chi connectivity index (χ3n) is 7.21. The van der Waals surface area contributed by atoms with Crippen LogP contribution in [0.1, 0.15) is 61.0 Å². The van der Waals surface area contributed by atoms with Gasteiger partial charge in [0.1, 0.15) is 5.75 Å². The molecule has 5 heteroatoms. The molecule has 1 saturated carbocycles. The van der Waals surface area contributed by atoms with E-state index in [1.165, 1.54) is 5.57 Å². The van der Waals surface area contributed by atoms with Gasteiger partial charge in [-0.25, -0.2) is 0 Å². The van der Waals surface area contributed by atoms with Crippen molar-refractivity contribution >= 4 is 5.91 Å². The summed E-state index contributed by atoms with van der Waals surface area (Å²) in [5.41, 5.74) is 8.16. The van der Waals surface area contributed by atoms with Crippen LogP contribution in [-0.4, -0.2) is 45.8 Å². The zero-order valence-corrected chi connectivity index (χ0v) is 16.8. The molecule has 150 valence electrons. The fraction of sp³-hybridized carbons (Fsp3) is 0.522. The molecular weight excluding hydrogens is 352 g/mol. The molecule has 28 heavy (non-hydrogen) atoms. The van der Waals surface area contributed by atoms with Gasteiger partial charge in [-0.15, -0.1) is 0 Å². The van der Waals surface area contributed by atoms with Crippen molar-refractivity contribution in [3.8, 4) is 5.75 Å². The Hall–Kier alpha value is -2.11. The summed E-state index contributed by atoms with van der Waals surface area (Å²) in [7, 11) is 0. The first-order chi connectivity index (χ1) is 13.2. The van der Waals surface area contributed by atoms with Crippen molar-refractivity contribution in [3.63, 3.8) is 0 Å². The van der Waals surface area contributed by atoms with Gasteiger partial charge in [0.05, 0.1) is 11.2 Å². The maximum Gasteiger partial charge on any atom is 0.252 e. The van der Waals surface area contributed by atoms with E-state index >= 15 is 0 Å². The van der Waals surface area contributed by atoms with E-state index in [0.29, 0.717) is 19.3 Å². The lowest BCUT2D eigenvalue weighted by Crippen LogP contribution is -2.72. The maximum absolute atomic E-state index is 12.1. The van der Waals surface area contributed by atoms with Crippen LogP contribution in [0.4, 0.5) is 0 Å². The topological polar surface area (TPSA) is 86.8 Å². The maximum atomic E-state index is 12.1. The van der Waals surface area contributed by atoms with Gasteiger partial charge in [0.15, 0.2) is 0 Å². The lowest BCUT2D eigenvalue weighted by atomic mass is 9.48. The Morgan fingerprint density at radius 2 is 2.14 bits per heavy atom. The Kier molecular flexibility index (Phi) is 4.43. The molecule has 3 aliphatic rings. The number of nitrogens with zero attached hydrogens (tertiary/aromatic N) is 1. The van der Waals surface area contributed by atoms with Gasteiger partial charge in [0, 0.05) is 23.6 Å². The van der Waals surface area contributed by atoms with Crippen molar-refractivity contribution in [2.45, 2.75) is 63.0 Å². The third kappa shape index (κ3) is 2.56. The summed E-state index contributed by atoms with van der Waals surface area (Å²) in [5.74, 6) is -0.688. The minimum atomic E-state index is -0.956. The molecule has 5 nitrogen and oxygen atoms in total. The number of carbonyl (C=O) groups excluding carboxylic acids is 1. The molecule has 0 spiro atoms. The van der Waals surface area contributed by atoms with E-state index in [9.17, 15) is 15.0 Å². The number of benzene rings is 1. The average Bonchev–Trinajstić information content (AvgIpc) is 2.61. The van der Waals surface area contributed by atoms with E-state index in [4.69, 9.17) is 5.73 Å². The number of carbonyl (C=O) groups is 1. The van der Waals surface area contributed by atoms with Gasteiger partial charge in [-0.05, 0) is 64.1 Å². The number of aliphatic hydroxyl groups is 1. The number of fused-ring (bicyclic) bond motifs is 1. The van der Waals surface area contributed by atoms with Gasteiger partial charge in [-0.1, -0.05) is 29.9 Å². The number of piperidine rings is 1. The molecule has 1 aromatic carbocycles. The van der Waals surface area contributed by atoms with Crippen molar-refractivity contribution < 1.29 is 15.0 Å². The highest BCUT2D eigenvalue weighted by Crippen LogP contribution is 2.61. The van der Waals surface area contributed by atoms with Gasteiger partial charge < -0.3 is 15.9 Å². The fourth-order valence-electron chi connectivity index (χ4n) is 5.85. The highest BCUT2D eigenvalue weighted by molar-refractivity contribution is 5.96. The van der Waals surface area contributed by atoms with E-state index in [1.807, 2.05) is 6.07 Å². The highest BCUT2D eigenvalue weighted by Gasteiger charge is 2.64.